The first kappa shape index (κ1) is 19.0. The van der Waals surface area contributed by atoms with Crippen LogP contribution in [0.4, 0.5) is 5.69 Å². The molecule has 0 fully saturated rings. The zero-order chi connectivity index (χ0) is 18.4. The van der Waals surface area contributed by atoms with Gasteiger partial charge < -0.3 is 15.4 Å². The number of rotatable bonds is 6. The highest BCUT2D eigenvalue weighted by Gasteiger charge is 2.15. The van der Waals surface area contributed by atoms with Crippen LogP contribution in [0.15, 0.2) is 46.9 Å². The molecule has 0 saturated carbocycles. The summed E-state index contributed by atoms with van der Waals surface area (Å²) in [5.41, 5.74) is 2.76. The number of carbonyl (C=O) groups excluding carboxylic acids is 2. The monoisotopic (exact) mass is 404 g/mol. The van der Waals surface area contributed by atoms with Crippen LogP contribution in [-0.4, -0.2) is 24.5 Å². The minimum Gasteiger partial charge on any atom is -0.481 e. The zero-order valence-electron chi connectivity index (χ0n) is 14.4. The summed E-state index contributed by atoms with van der Waals surface area (Å²) in [6.45, 7) is 5.41. The smallest absolute Gasteiger partial charge is 0.261 e. The largest absolute Gasteiger partial charge is 0.481 e. The molecular formula is C19H21BrN2O3. The third-order valence-corrected chi connectivity index (χ3v) is 4.08. The molecule has 2 rings (SSSR count). The Labute approximate surface area is 155 Å². The van der Waals surface area contributed by atoms with E-state index in [4.69, 9.17) is 4.74 Å². The van der Waals surface area contributed by atoms with Crippen molar-refractivity contribution >= 4 is 33.4 Å². The van der Waals surface area contributed by atoms with Crippen molar-refractivity contribution in [1.29, 1.82) is 0 Å². The number of aryl methyl sites for hydroxylation is 2. The number of anilines is 1. The van der Waals surface area contributed by atoms with Crippen molar-refractivity contribution in [3.8, 4) is 5.75 Å². The number of benzene rings is 2. The van der Waals surface area contributed by atoms with E-state index in [9.17, 15) is 9.59 Å². The van der Waals surface area contributed by atoms with Gasteiger partial charge in [0, 0.05) is 10.2 Å². The lowest BCUT2D eigenvalue weighted by Gasteiger charge is -2.15. The molecule has 25 heavy (non-hydrogen) atoms. The summed E-state index contributed by atoms with van der Waals surface area (Å²) in [4.78, 5) is 24.1. The van der Waals surface area contributed by atoms with E-state index in [1.807, 2.05) is 56.3 Å². The molecule has 0 bridgehead atoms. The number of carbonyl (C=O) groups is 2. The van der Waals surface area contributed by atoms with Crippen molar-refractivity contribution in [2.24, 2.45) is 0 Å². The van der Waals surface area contributed by atoms with Gasteiger partial charge in [0.05, 0.1) is 6.54 Å². The van der Waals surface area contributed by atoms with Crippen LogP contribution in [-0.2, 0) is 9.59 Å². The Morgan fingerprint density at radius 2 is 1.80 bits per heavy atom. The summed E-state index contributed by atoms with van der Waals surface area (Å²) < 4.78 is 6.51. The van der Waals surface area contributed by atoms with Crippen LogP contribution in [0, 0.1) is 13.8 Å². The zero-order valence-corrected chi connectivity index (χ0v) is 16.0. The highest BCUT2D eigenvalue weighted by atomic mass is 79.9. The molecule has 0 aromatic heterocycles. The maximum atomic E-state index is 12.1. The van der Waals surface area contributed by atoms with Crippen LogP contribution in [0.25, 0.3) is 0 Å². The molecule has 2 amide bonds. The predicted molar refractivity (Wildman–Crippen MR) is 102 cm³/mol. The van der Waals surface area contributed by atoms with Crippen LogP contribution in [0.3, 0.4) is 0 Å². The lowest BCUT2D eigenvalue weighted by molar-refractivity contribution is -0.129. The second-order valence-electron chi connectivity index (χ2n) is 5.80. The summed E-state index contributed by atoms with van der Waals surface area (Å²) in [5.74, 6) is -0.0206. The number of nitrogens with one attached hydrogen (secondary N) is 2. The summed E-state index contributed by atoms with van der Waals surface area (Å²) in [6, 6.07) is 13.0. The predicted octanol–water partition coefficient (Wildman–Crippen LogP) is 3.59. The molecule has 0 aliphatic carbocycles. The molecule has 2 aromatic carbocycles. The number of halogens is 1. The van der Waals surface area contributed by atoms with Gasteiger partial charge in [0.1, 0.15) is 5.75 Å². The number of hydrogen-bond donors (Lipinski definition) is 2. The molecule has 1 unspecified atom stereocenters. The van der Waals surface area contributed by atoms with Gasteiger partial charge in [-0.1, -0.05) is 33.6 Å². The summed E-state index contributed by atoms with van der Waals surface area (Å²) >= 11 is 3.38. The van der Waals surface area contributed by atoms with Gasteiger partial charge in [-0.05, 0) is 56.7 Å². The average molecular weight is 405 g/mol. The quantitative estimate of drug-likeness (QED) is 0.772. The van der Waals surface area contributed by atoms with Crippen LogP contribution in [0.5, 0.6) is 5.75 Å². The van der Waals surface area contributed by atoms with Gasteiger partial charge in [-0.3, -0.25) is 9.59 Å². The molecule has 132 valence electrons. The van der Waals surface area contributed by atoms with E-state index in [-0.39, 0.29) is 18.4 Å². The standard InChI is InChI=1S/C19H21BrN2O3/c1-12-4-7-16(8-5-12)25-14(3)19(24)21-11-18(23)22-17-9-6-15(20)10-13(17)2/h4-10,14H,11H2,1-3H3,(H,21,24)(H,22,23). The molecule has 0 saturated heterocycles. The van der Waals surface area contributed by atoms with Crippen LogP contribution in [0.1, 0.15) is 18.1 Å². The first-order valence-electron chi connectivity index (χ1n) is 7.92. The van der Waals surface area contributed by atoms with Crippen LogP contribution in [0.2, 0.25) is 0 Å². The lowest BCUT2D eigenvalue weighted by atomic mass is 10.2. The van der Waals surface area contributed by atoms with Crippen molar-refractivity contribution in [1.82, 2.24) is 5.32 Å². The second-order valence-corrected chi connectivity index (χ2v) is 6.71. The molecule has 5 nitrogen and oxygen atoms in total. The van der Waals surface area contributed by atoms with Gasteiger partial charge in [-0.2, -0.15) is 0 Å². The molecule has 2 aromatic rings. The molecular weight excluding hydrogens is 384 g/mol. The summed E-state index contributed by atoms with van der Waals surface area (Å²) in [7, 11) is 0. The van der Waals surface area contributed by atoms with Gasteiger partial charge in [0.2, 0.25) is 5.91 Å². The van der Waals surface area contributed by atoms with E-state index in [2.05, 4.69) is 26.6 Å². The maximum absolute atomic E-state index is 12.1. The fourth-order valence-corrected chi connectivity index (χ4v) is 2.62. The Morgan fingerprint density at radius 3 is 2.44 bits per heavy atom. The van der Waals surface area contributed by atoms with Crippen LogP contribution >= 0.6 is 15.9 Å². The van der Waals surface area contributed by atoms with E-state index < -0.39 is 6.10 Å². The van der Waals surface area contributed by atoms with Crippen molar-refractivity contribution in [3.63, 3.8) is 0 Å². The Balaban J connectivity index is 1.82. The Bertz CT molecular complexity index is 760. The maximum Gasteiger partial charge on any atom is 0.261 e. The van der Waals surface area contributed by atoms with E-state index >= 15 is 0 Å². The topological polar surface area (TPSA) is 67.4 Å². The van der Waals surface area contributed by atoms with E-state index in [1.54, 1.807) is 6.92 Å². The molecule has 0 heterocycles. The lowest BCUT2D eigenvalue weighted by Crippen LogP contribution is -2.40. The number of amides is 2. The number of ether oxygens (including phenoxy) is 1. The average Bonchev–Trinajstić information content (AvgIpc) is 2.57. The van der Waals surface area contributed by atoms with Gasteiger partial charge >= 0.3 is 0 Å². The van der Waals surface area contributed by atoms with Crippen molar-refractivity contribution in [2.75, 3.05) is 11.9 Å². The molecule has 0 aliphatic heterocycles. The third kappa shape index (κ3) is 5.90. The Morgan fingerprint density at radius 1 is 1.12 bits per heavy atom. The molecule has 6 heteroatoms. The minimum absolute atomic E-state index is 0.115. The highest BCUT2D eigenvalue weighted by Crippen LogP contribution is 2.19. The molecule has 0 spiro atoms. The molecule has 1 atom stereocenters. The fraction of sp³-hybridized carbons (Fsp3) is 0.263. The molecule has 2 N–H and O–H groups in total. The van der Waals surface area contributed by atoms with Gasteiger partial charge in [0.25, 0.3) is 5.91 Å². The molecule has 0 aliphatic rings. The fourth-order valence-electron chi connectivity index (χ4n) is 2.15. The van der Waals surface area contributed by atoms with Gasteiger partial charge in [0.15, 0.2) is 6.10 Å². The first-order chi connectivity index (χ1) is 11.8. The SMILES string of the molecule is Cc1ccc(OC(C)C(=O)NCC(=O)Nc2ccc(Br)cc2C)cc1. The number of hydrogen-bond acceptors (Lipinski definition) is 3. The van der Waals surface area contributed by atoms with Crippen molar-refractivity contribution in [3.05, 3.63) is 58.1 Å². The summed E-state index contributed by atoms with van der Waals surface area (Å²) in [6.07, 6.45) is -0.690. The third-order valence-electron chi connectivity index (χ3n) is 3.59. The van der Waals surface area contributed by atoms with Crippen LogP contribution < -0.4 is 15.4 Å². The minimum atomic E-state index is -0.690. The van der Waals surface area contributed by atoms with Gasteiger partial charge in [-0.15, -0.1) is 0 Å². The van der Waals surface area contributed by atoms with Crippen molar-refractivity contribution < 1.29 is 14.3 Å². The molecule has 0 radical (unpaired) electrons. The first-order valence-corrected chi connectivity index (χ1v) is 8.71. The van der Waals surface area contributed by atoms with E-state index in [0.29, 0.717) is 11.4 Å². The Kier molecular flexibility index (Phi) is 6.58. The normalized spacial score (nSPS) is 11.5. The highest BCUT2D eigenvalue weighted by molar-refractivity contribution is 9.10. The van der Waals surface area contributed by atoms with E-state index in [1.165, 1.54) is 0 Å². The van der Waals surface area contributed by atoms with E-state index in [0.717, 1.165) is 15.6 Å². The second kappa shape index (κ2) is 8.67. The summed E-state index contributed by atoms with van der Waals surface area (Å²) in [5, 5.41) is 5.35. The van der Waals surface area contributed by atoms with Gasteiger partial charge in [-0.25, -0.2) is 0 Å². The Hall–Kier alpha value is -2.34. The van der Waals surface area contributed by atoms with Crippen molar-refractivity contribution in [2.45, 2.75) is 26.9 Å².